The van der Waals surface area contributed by atoms with E-state index in [0.29, 0.717) is 0 Å². The summed E-state index contributed by atoms with van der Waals surface area (Å²) in [7, 11) is 0. The van der Waals surface area contributed by atoms with Crippen LogP contribution in [0, 0.1) is 17.8 Å². The molecule has 5 atom stereocenters. The van der Waals surface area contributed by atoms with Crippen molar-refractivity contribution in [2.45, 2.75) is 76.4 Å². The van der Waals surface area contributed by atoms with Gasteiger partial charge in [-0.2, -0.15) is 0 Å². The Balaban J connectivity index is 1.81. The highest BCUT2D eigenvalue weighted by atomic mass is 16.3. The maximum absolute atomic E-state index is 12.1. The third kappa shape index (κ3) is 5.40. The number of aliphatic hydroxyl groups is 3. The monoisotopic (exact) mass is 324 g/mol. The first-order valence-electron chi connectivity index (χ1n) is 9.31. The van der Waals surface area contributed by atoms with Crippen LogP contribution in [0.5, 0.6) is 0 Å². The van der Waals surface area contributed by atoms with Crippen LogP contribution in [0.25, 0.3) is 0 Å². The van der Waals surface area contributed by atoms with Crippen LogP contribution in [0.4, 0.5) is 0 Å². The van der Waals surface area contributed by atoms with Gasteiger partial charge in [-0.15, -0.1) is 0 Å². The molecule has 0 aliphatic heterocycles. The Hall–Kier alpha value is -0.710. The number of rotatable bonds is 9. The third-order valence-corrected chi connectivity index (χ3v) is 5.52. The van der Waals surface area contributed by atoms with Gasteiger partial charge in [0.25, 0.3) is 0 Å². The van der Waals surface area contributed by atoms with Crippen LogP contribution in [0.15, 0.2) is 12.2 Å². The van der Waals surface area contributed by atoms with Crippen LogP contribution in [0.3, 0.4) is 0 Å². The molecule has 0 amide bonds. The van der Waals surface area contributed by atoms with Crippen molar-refractivity contribution in [1.82, 2.24) is 0 Å². The Bertz CT molecular complexity index is 393. The molecule has 0 heterocycles. The van der Waals surface area contributed by atoms with Crippen molar-refractivity contribution in [2.24, 2.45) is 17.8 Å². The first kappa shape index (κ1) is 18.6. The van der Waals surface area contributed by atoms with E-state index in [4.69, 9.17) is 5.11 Å². The summed E-state index contributed by atoms with van der Waals surface area (Å²) in [6, 6.07) is 0. The minimum Gasteiger partial charge on any atom is -0.396 e. The van der Waals surface area contributed by atoms with Crippen LogP contribution in [-0.2, 0) is 4.79 Å². The van der Waals surface area contributed by atoms with E-state index < -0.39 is 6.10 Å². The van der Waals surface area contributed by atoms with E-state index in [-0.39, 0.29) is 42.7 Å². The molecule has 0 saturated heterocycles. The van der Waals surface area contributed by atoms with Gasteiger partial charge in [-0.05, 0) is 25.7 Å². The van der Waals surface area contributed by atoms with Crippen molar-refractivity contribution >= 4 is 5.78 Å². The first-order chi connectivity index (χ1) is 11.1. The SMILES string of the molecule is O=C1C[C@@H](O)[C@H](/C=C/C2CCC[C@H]2O)[C@H]1CCCCCCCO. The number of Topliss-reactive ketones (excluding diaryl/α,β-unsaturated/α-hetero) is 1. The Labute approximate surface area is 139 Å². The summed E-state index contributed by atoms with van der Waals surface area (Å²) in [5.41, 5.74) is 0. The fraction of sp³-hybridized carbons (Fsp3) is 0.842. The number of carbonyl (C=O) groups is 1. The van der Waals surface area contributed by atoms with E-state index in [1.165, 1.54) is 0 Å². The Morgan fingerprint density at radius 1 is 0.957 bits per heavy atom. The molecule has 0 radical (unpaired) electrons. The molecule has 4 nitrogen and oxygen atoms in total. The van der Waals surface area contributed by atoms with Gasteiger partial charge in [-0.25, -0.2) is 0 Å². The average Bonchev–Trinajstić information content (AvgIpc) is 3.04. The van der Waals surface area contributed by atoms with Crippen molar-refractivity contribution in [3.63, 3.8) is 0 Å². The zero-order valence-electron chi connectivity index (χ0n) is 14.1. The van der Waals surface area contributed by atoms with Crippen LogP contribution >= 0.6 is 0 Å². The Morgan fingerprint density at radius 3 is 2.39 bits per heavy atom. The maximum Gasteiger partial charge on any atom is 0.139 e. The predicted octanol–water partition coefficient (Wildman–Crippen LogP) is 2.60. The molecule has 0 aromatic carbocycles. The van der Waals surface area contributed by atoms with Gasteiger partial charge < -0.3 is 15.3 Å². The second-order valence-corrected chi connectivity index (χ2v) is 7.25. The van der Waals surface area contributed by atoms with Crippen molar-refractivity contribution in [3.05, 3.63) is 12.2 Å². The molecule has 3 N–H and O–H groups in total. The smallest absolute Gasteiger partial charge is 0.139 e. The lowest BCUT2D eigenvalue weighted by Crippen LogP contribution is -2.19. The summed E-state index contributed by atoms with van der Waals surface area (Å²) in [6.07, 6.45) is 12.3. The summed E-state index contributed by atoms with van der Waals surface area (Å²) < 4.78 is 0. The molecule has 0 aromatic heterocycles. The van der Waals surface area contributed by atoms with E-state index in [2.05, 4.69) is 0 Å². The molecule has 4 heteroatoms. The molecule has 23 heavy (non-hydrogen) atoms. The zero-order valence-corrected chi connectivity index (χ0v) is 14.1. The summed E-state index contributed by atoms with van der Waals surface area (Å²) in [6.45, 7) is 0.257. The van der Waals surface area contributed by atoms with Crippen molar-refractivity contribution in [3.8, 4) is 0 Å². The summed E-state index contributed by atoms with van der Waals surface area (Å²) in [5, 5.41) is 28.8. The third-order valence-electron chi connectivity index (χ3n) is 5.52. The molecule has 1 unspecified atom stereocenters. The number of hydrogen-bond acceptors (Lipinski definition) is 4. The molecule has 2 aliphatic carbocycles. The minimum absolute atomic E-state index is 0.0577. The zero-order chi connectivity index (χ0) is 16.7. The molecule has 0 aromatic rings. The highest BCUT2D eigenvalue weighted by Gasteiger charge is 2.39. The van der Waals surface area contributed by atoms with Gasteiger partial charge in [0, 0.05) is 30.8 Å². The van der Waals surface area contributed by atoms with Crippen LogP contribution in [-0.4, -0.2) is 39.9 Å². The molecule has 2 saturated carbocycles. The van der Waals surface area contributed by atoms with Crippen molar-refractivity contribution in [2.75, 3.05) is 6.61 Å². The van der Waals surface area contributed by atoms with Crippen LogP contribution in [0.1, 0.15) is 64.2 Å². The number of unbranched alkanes of at least 4 members (excludes halogenated alkanes) is 4. The lowest BCUT2D eigenvalue weighted by atomic mass is 9.87. The Morgan fingerprint density at radius 2 is 1.70 bits per heavy atom. The lowest BCUT2D eigenvalue weighted by molar-refractivity contribution is -0.121. The van der Waals surface area contributed by atoms with E-state index in [9.17, 15) is 15.0 Å². The number of ketones is 1. The van der Waals surface area contributed by atoms with Crippen molar-refractivity contribution < 1.29 is 20.1 Å². The van der Waals surface area contributed by atoms with Gasteiger partial charge in [0.05, 0.1) is 12.2 Å². The first-order valence-corrected chi connectivity index (χ1v) is 9.31. The molecule has 2 aliphatic rings. The molecule has 2 fully saturated rings. The average molecular weight is 324 g/mol. The van der Waals surface area contributed by atoms with E-state index in [0.717, 1.165) is 57.8 Å². The van der Waals surface area contributed by atoms with E-state index >= 15 is 0 Å². The molecule has 2 rings (SSSR count). The molecule has 132 valence electrons. The van der Waals surface area contributed by atoms with Crippen LogP contribution in [0.2, 0.25) is 0 Å². The lowest BCUT2D eigenvalue weighted by Gasteiger charge is -2.18. The van der Waals surface area contributed by atoms with Gasteiger partial charge in [0.2, 0.25) is 0 Å². The van der Waals surface area contributed by atoms with Gasteiger partial charge in [0.1, 0.15) is 5.78 Å². The van der Waals surface area contributed by atoms with Gasteiger partial charge in [-0.3, -0.25) is 4.79 Å². The van der Waals surface area contributed by atoms with E-state index in [1.807, 2.05) is 12.2 Å². The summed E-state index contributed by atoms with van der Waals surface area (Å²) in [5.74, 6) is 0.247. The standard InChI is InChI=1S/C19H32O4/c20-12-5-3-1-2-4-8-15-16(19(23)13-18(15)22)11-10-14-7-6-9-17(14)21/h10-11,14-17,19-21,23H,1-9,12-13H2/b11-10+/t14?,15-,16-,17-,19-/m1/s1. The number of aliphatic hydroxyl groups excluding tert-OH is 3. The fourth-order valence-electron chi connectivity index (χ4n) is 4.06. The fourth-order valence-corrected chi connectivity index (χ4v) is 4.06. The maximum atomic E-state index is 12.1. The van der Waals surface area contributed by atoms with Crippen molar-refractivity contribution in [1.29, 1.82) is 0 Å². The van der Waals surface area contributed by atoms with E-state index in [1.54, 1.807) is 0 Å². The second kappa shape index (κ2) is 9.55. The molecular formula is C19H32O4. The molecule has 0 bridgehead atoms. The minimum atomic E-state index is -0.559. The van der Waals surface area contributed by atoms with Gasteiger partial charge in [-0.1, -0.05) is 44.3 Å². The summed E-state index contributed by atoms with van der Waals surface area (Å²) in [4.78, 5) is 12.1. The molecule has 0 spiro atoms. The summed E-state index contributed by atoms with van der Waals surface area (Å²) >= 11 is 0. The Kier molecular flexibility index (Phi) is 7.74. The largest absolute Gasteiger partial charge is 0.396 e. The topological polar surface area (TPSA) is 77.8 Å². The van der Waals surface area contributed by atoms with Gasteiger partial charge >= 0.3 is 0 Å². The molecular weight excluding hydrogens is 292 g/mol. The number of carbonyl (C=O) groups excluding carboxylic acids is 1. The number of hydrogen-bond donors (Lipinski definition) is 3. The van der Waals surface area contributed by atoms with Gasteiger partial charge in [0.15, 0.2) is 0 Å². The highest BCUT2D eigenvalue weighted by molar-refractivity contribution is 5.84. The normalized spacial score (nSPS) is 34.7. The second-order valence-electron chi connectivity index (χ2n) is 7.25. The quantitative estimate of drug-likeness (QED) is 0.450. The predicted molar refractivity (Wildman–Crippen MR) is 89.9 cm³/mol. The highest BCUT2D eigenvalue weighted by Crippen LogP contribution is 2.35. The van der Waals surface area contributed by atoms with Crippen LogP contribution < -0.4 is 0 Å².